The van der Waals surface area contributed by atoms with Gasteiger partial charge in [-0.05, 0) is 23.4 Å². The van der Waals surface area contributed by atoms with Gasteiger partial charge in [0.15, 0.2) is 0 Å². The van der Waals surface area contributed by atoms with Crippen LogP contribution in [0.5, 0.6) is 0 Å². The van der Waals surface area contributed by atoms with E-state index in [1.54, 1.807) is 24.3 Å². The highest BCUT2D eigenvalue weighted by Crippen LogP contribution is 2.11. The number of tetrazole rings is 1. The van der Waals surface area contributed by atoms with E-state index in [1.165, 1.54) is 6.92 Å². The smallest absolute Gasteiger partial charge is 0.270 e. The van der Waals surface area contributed by atoms with Crippen LogP contribution in [0.3, 0.4) is 0 Å². The number of hydrogen-bond acceptors (Lipinski definition) is 5. The minimum Gasteiger partial charge on any atom is -0.326 e. The van der Waals surface area contributed by atoms with E-state index in [-0.39, 0.29) is 17.8 Å². The fourth-order valence-electron chi connectivity index (χ4n) is 1.33. The average Bonchev–Trinajstić information content (AvgIpc) is 2.81. The van der Waals surface area contributed by atoms with E-state index < -0.39 is 0 Å². The summed E-state index contributed by atoms with van der Waals surface area (Å²) in [5.41, 5.74) is 0.925. The Kier molecular flexibility index (Phi) is 3.28. The number of rotatable bonds is 3. The summed E-state index contributed by atoms with van der Waals surface area (Å²) in [6.45, 7) is 1.39. The maximum atomic E-state index is 11.8. The van der Waals surface area contributed by atoms with Gasteiger partial charge in [-0.1, -0.05) is 11.2 Å². The van der Waals surface area contributed by atoms with Gasteiger partial charge in [-0.3, -0.25) is 14.9 Å². The number of anilines is 2. The second-order valence-electron chi connectivity index (χ2n) is 3.45. The van der Waals surface area contributed by atoms with Gasteiger partial charge >= 0.3 is 0 Å². The molecule has 2 aromatic rings. The van der Waals surface area contributed by atoms with Crippen molar-refractivity contribution in [3.63, 3.8) is 0 Å². The molecule has 8 nitrogen and oxygen atoms in total. The first-order valence-corrected chi connectivity index (χ1v) is 5.07. The molecule has 0 aliphatic heterocycles. The van der Waals surface area contributed by atoms with Crippen LogP contribution in [0.25, 0.3) is 0 Å². The third-order valence-corrected chi connectivity index (χ3v) is 2.02. The molecule has 0 unspecified atom stereocenters. The SMILES string of the molecule is CC(=O)Nc1cccc(C(=O)Nc2nn[nH]n2)c1. The Balaban J connectivity index is 2.12. The number of hydrogen-bond donors (Lipinski definition) is 3. The molecular formula is C10H10N6O2. The Labute approximate surface area is 102 Å². The van der Waals surface area contributed by atoms with Gasteiger partial charge < -0.3 is 5.32 Å². The molecule has 3 N–H and O–H groups in total. The molecule has 2 rings (SSSR count). The predicted molar refractivity (Wildman–Crippen MR) is 62.9 cm³/mol. The molecule has 0 aliphatic rings. The van der Waals surface area contributed by atoms with Crippen LogP contribution in [0.15, 0.2) is 24.3 Å². The molecule has 1 aromatic heterocycles. The first-order chi connectivity index (χ1) is 8.65. The summed E-state index contributed by atoms with van der Waals surface area (Å²) in [5, 5.41) is 17.8. The van der Waals surface area contributed by atoms with E-state index in [4.69, 9.17) is 0 Å². The largest absolute Gasteiger partial charge is 0.326 e. The number of H-pyrrole nitrogens is 1. The number of carbonyl (C=O) groups is 2. The number of aromatic nitrogens is 4. The first kappa shape index (κ1) is 11.7. The van der Waals surface area contributed by atoms with Crippen LogP contribution in [0.1, 0.15) is 17.3 Å². The highest BCUT2D eigenvalue weighted by Gasteiger charge is 2.09. The minimum atomic E-state index is -0.386. The Bertz CT molecular complexity index is 566. The maximum Gasteiger partial charge on any atom is 0.270 e. The molecule has 8 heteroatoms. The van der Waals surface area contributed by atoms with Crippen molar-refractivity contribution >= 4 is 23.5 Å². The number of nitrogens with zero attached hydrogens (tertiary/aromatic N) is 3. The second kappa shape index (κ2) is 5.04. The molecule has 0 radical (unpaired) electrons. The summed E-state index contributed by atoms with van der Waals surface area (Å²) in [4.78, 5) is 22.7. The van der Waals surface area contributed by atoms with Crippen molar-refractivity contribution < 1.29 is 9.59 Å². The van der Waals surface area contributed by atoms with Crippen LogP contribution < -0.4 is 10.6 Å². The summed E-state index contributed by atoms with van der Waals surface area (Å²) in [5.74, 6) is -0.501. The van der Waals surface area contributed by atoms with Crippen LogP contribution in [-0.2, 0) is 4.79 Å². The molecule has 1 heterocycles. The first-order valence-electron chi connectivity index (χ1n) is 5.07. The molecule has 0 saturated carbocycles. The lowest BCUT2D eigenvalue weighted by Crippen LogP contribution is -2.14. The fraction of sp³-hybridized carbons (Fsp3) is 0.100. The molecule has 1 aromatic carbocycles. The van der Waals surface area contributed by atoms with Crippen molar-refractivity contribution in [3.8, 4) is 0 Å². The zero-order valence-electron chi connectivity index (χ0n) is 9.47. The van der Waals surface area contributed by atoms with Gasteiger partial charge in [0.2, 0.25) is 5.91 Å². The average molecular weight is 246 g/mol. The Morgan fingerprint density at radius 1 is 1.28 bits per heavy atom. The standard InChI is InChI=1S/C10H10N6O2/c1-6(17)11-8-4-2-3-7(5-8)9(18)12-10-13-15-16-14-10/h2-5H,1H3,(H,11,17)(H2,12,13,14,15,16,18). The normalized spacial score (nSPS) is 9.83. The van der Waals surface area contributed by atoms with Crippen LogP contribution in [0, 0.1) is 0 Å². The quantitative estimate of drug-likeness (QED) is 0.726. The zero-order chi connectivity index (χ0) is 13.0. The fourth-order valence-corrected chi connectivity index (χ4v) is 1.33. The molecule has 92 valence electrons. The number of benzene rings is 1. The van der Waals surface area contributed by atoms with E-state index in [0.29, 0.717) is 11.3 Å². The van der Waals surface area contributed by atoms with Crippen molar-refractivity contribution in [3.05, 3.63) is 29.8 Å². The van der Waals surface area contributed by atoms with Crippen LogP contribution >= 0.6 is 0 Å². The third kappa shape index (κ3) is 2.88. The minimum absolute atomic E-state index is 0.0879. The number of aromatic amines is 1. The van der Waals surface area contributed by atoms with Gasteiger partial charge in [-0.25, -0.2) is 0 Å². The molecular weight excluding hydrogens is 236 g/mol. The van der Waals surface area contributed by atoms with Gasteiger partial charge in [-0.2, -0.15) is 5.21 Å². The lowest BCUT2D eigenvalue weighted by atomic mass is 10.2. The summed E-state index contributed by atoms with van der Waals surface area (Å²) in [6.07, 6.45) is 0. The van der Waals surface area contributed by atoms with E-state index in [9.17, 15) is 9.59 Å². The zero-order valence-corrected chi connectivity index (χ0v) is 9.47. The molecule has 0 atom stereocenters. The van der Waals surface area contributed by atoms with Gasteiger partial charge in [0.05, 0.1) is 0 Å². The topological polar surface area (TPSA) is 113 Å². The molecule has 0 bridgehead atoms. The molecule has 0 aliphatic carbocycles. The van der Waals surface area contributed by atoms with Crippen molar-refractivity contribution in [2.45, 2.75) is 6.92 Å². The van der Waals surface area contributed by atoms with E-state index >= 15 is 0 Å². The highest BCUT2D eigenvalue weighted by molar-refractivity contribution is 6.04. The van der Waals surface area contributed by atoms with Crippen LogP contribution in [0.2, 0.25) is 0 Å². The monoisotopic (exact) mass is 246 g/mol. The van der Waals surface area contributed by atoms with Crippen molar-refractivity contribution in [2.24, 2.45) is 0 Å². The summed E-state index contributed by atoms with van der Waals surface area (Å²) < 4.78 is 0. The summed E-state index contributed by atoms with van der Waals surface area (Å²) in [6, 6.07) is 6.51. The lowest BCUT2D eigenvalue weighted by molar-refractivity contribution is -0.114. The molecule has 0 saturated heterocycles. The second-order valence-corrected chi connectivity index (χ2v) is 3.45. The van der Waals surface area contributed by atoms with Crippen molar-refractivity contribution in [1.82, 2.24) is 20.6 Å². The van der Waals surface area contributed by atoms with Crippen LogP contribution in [-0.4, -0.2) is 32.4 Å². The Morgan fingerprint density at radius 3 is 2.78 bits per heavy atom. The summed E-state index contributed by atoms with van der Waals surface area (Å²) in [7, 11) is 0. The van der Waals surface area contributed by atoms with E-state index in [2.05, 4.69) is 31.3 Å². The molecule has 0 spiro atoms. The molecule has 0 fully saturated rings. The number of carbonyl (C=O) groups excluding carboxylic acids is 2. The summed E-state index contributed by atoms with van der Waals surface area (Å²) >= 11 is 0. The molecule has 18 heavy (non-hydrogen) atoms. The van der Waals surface area contributed by atoms with Gasteiger partial charge in [0.1, 0.15) is 0 Å². The van der Waals surface area contributed by atoms with Gasteiger partial charge in [-0.15, -0.1) is 5.10 Å². The number of nitrogens with one attached hydrogen (secondary N) is 3. The predicted octanol–water partition coefficient (Wildman–Crippen LogP) is 0.410. The number of amides is 2. The molecule has 2 amide bonds. The van der Waals surface area contributed by atoms with Gasteiger partial charge in [0, 0.05) is 18.2 Å². The highest BCUT2D eigenvalue weighted by atomic mass is 16.2. The Morgan fingerprint density at radius 2 is 2.11 bits per heavy atom. The Hall–Kier alpha value is -2.77. The van der Waals surface area contributed by atoms with Crippen molar-refractivity contribution in [2.75, 3.05) is 10.6 Å². The van der Waals surface area contributed by atoms with Gasteiger partial charge in [0.25, 0.3) is 11.9 Å². The van der Waals surface area contributed by atoms with E-state index in [1.807, 2.05) is 0 Å². The third-order valence-electron chi connectivity index (χ3n) is 2.02. The lowest BCUT2D eigenvalue weighted by Gasteiger charge is -2.04. The maximum absolute atomic E-state index is 11.8. The van der Waals surface area contributed by atoms with Crippen LogP contribution in [0.4, 0.5) is 11.6 Å². The van der Waals surface area contributed by atoms with E-state index in [0.717, 1.165) is 0 Å². The van der Waals surface area contributed by atoms with Crippen molar-refractivity contribution in [1.29, 1.82) is 0 Å².